The SMILES string of the molecule is CCCCCCCCCSCCCCCCCCCCCCOP(O)OCCCCC. The standard InChI is InChI=1S/C26H55O3PS/c1-3-5-7-8-14-17-21-25-31-26-22-18-15-12-10-9-11-13-16-20-24-29-30(27)28-23-19-6-4-2/h27H,3-26H2,1-2H3. The lowest BCUT2D eigenvalue weighted by Gasteiger charge is -2.10. The van der Waals surface area contributed by atoms with Crippen LogP contribution in [0.25, 0.3) is 0 Å². The van der Waals surface area contributed by atoms with Crippen LogP contribution in [0.15, 0.2) is 0 Å². The highest BCUT2D eigenvalue weighted by Crippen LogP contribution is 2.33. The topological polar surface area (TPSA) is 38.7 Å². The molecule has 0 saturated carbocycles. The van der Waals surface area contributed by atoms with Crippen molar-refractivity contribution in [3.8, 4) is 0 Å². The Labute approximate surface area is 201 Å². The molecule has 31 heavy (non-hydrogen) atoms. The highest BCUT2D eigenvalue weighted by atomic mass is 32.2. The molecular weight excluding hydrogens is 423 g/mol. The first-order chi connectivity index (χ1) is 15.3. The van der Waals surface area contributed by atoms with Crippen LogP contribution in [0.4, 0.5) is 0 Å². The van der Waals surface area contributed by atoms with Crippen molar-refractivity contribution in [3.63, 3.8) is 0 Å². The lowest BCUT2D eigenvalue weighted by molar-refractivity contribution is 0.194. The summed E-state index contributed by atoms with van der Waals surface area (Å²) < 4.78 is 10.6. The zero-order chi connectivity index (χ0) is 22.7. The molecule has 0 aliphatic heterocycles. The first-order valence-electron chi connectivity index (χ1n) is 13.6. The van der Waals surface area contributed by atoms with E-state index in [2.05, 4.69) is 25.6 Å². The van der Waals surface area contributed by atoms with Crippen LogP contribution in [0.5, 0.6) is 0 Å². The van der Waals surface area contributed by atoms with Crippen LogP contribution < -0.4 is 0 Å². The third kappa shape index (κ3) is 28.6. The highest BCUT2D eigenvalue weighted by Gasteiger charge is 2.05. The molecule has 1 unspecified atom stereocenters. The summed E-state index contributed by atoms with van der Waals surface area (Å²) in [7, 11) is -1.65. The third-order valence-corrected chi connectivity index (χ3v) is 7.69. The van der Waals surface area contributed by atoms with Crippen LogP contribution in [0.1, 0.15) is 142 Å². The Morgan fingerprint density at radius 2 is 0.806 bits per heavy atom. The maximum Gasteiger partial charge on any atom is 0.329 e. The Morgan fingerprint density at radius 3 is 1.26 bits per heavy atom. The molecular formula is C26H55O3PS. The molecule has 0 aromatic heterocycles. The largest absolute Gasteiger partial charge is 0.329 e. The lowest BCUT2D eigenvalue weighted by atomic mass is 10.1. The van der Waals surface area contributed by atoms with Crippen LogP contribution in [0, 0.1) is 0 Å². The summed E-state index contributed by atoms with van der Waals surface area (Å²) in [6, 6.07) is 0. The maximum atomic E-state index is 9.63. The van der Waals surface area contributed by atoms with Gasteiger partial charge in [-0.3, -0.25) is 0 Å². The second-order valence-corrected chi connectivity index (χ2v) is 11.1. The number of hydrogen-bond acceptors (Lipinski definition) is 4. The minimum Gasteiger partial charge on any atom is -0.328 e. The summed E-state index contributed by atoms with van der Waals surface area (Å²) in [5.74, 6) is 2.75. The molecule has 0 spiro atoms. The Hall–Kier alpha value is 0.660. The molecule has 0 bridgehead atoms. The van der Waals surface area contributed by atoms with E-state index in [1.807, 2.05) is 0 Å². The second-order valence-electron chi connectivity index (χ2n) is 8.88. The van der Waals surface area contributed by atoms with Crippen LogP contribution in [-0.2, 0) is 9.05 Å². The van der Waals surface area contributed by atoms with Crippen LogP contribution in [0.2, 0.25) is 0 Å². The number of unbranched alkanes of at least 4 members (excludes halogenated alkanes) is 17. The molecule has 0 radical (unpaired) electrons. The minimum absolute atomic E-state index is 0.619. The van der Waals surface area contributed by atoms with E-state index in [-0.39, 0.29) is 0 Å². The normalized spacial score (nSPS) is 12.5. The van der Waals surface area contributed by atoms with Gasteiger partial charge >= 0.3 is 8.60 Å². The third-order valence-electron chi connectivity index (χ3n) is 5.73. The second kappa shape index (κ2) is 28.7. The van der Waals surface area contributed by atoms with Gasteiger partial charge in [0.15, 0.2) is 0 Å². The van der Waals surface area contributed by atoms with Gasteiger partial charge in [-0.05, 0) is 37.2 Å². The average molecular weight is 479 g/mol. The van der Waals surface area contributed by atoms with Gasteiger partial charge in [0.05, 0.1) is 13.2 Å². The molecule has 0 aliphatic carbocycles. The van der Waals surface area contributed by atoms with E-state index < -0.39 is 8.60 Å². The molecule has 1 atom stereocenters. The molecule has 0 fully saturated rings. The van der Waals surface area contributed by atoms with Gasteiger partial charge in [-0.15, -0.1) is 0 Å². The van der Waals surface area contributed by atoms with Crippen molar-refractivity contribution in [1.82, 2.24) is 0 Å². The Kier molecular flexibility index (Phi) is 29.3. The highest BCUT2D eigenvalue weighted by molar-refractivity contribution is 7.99. The molecule has 0 aromatic rings. The number of rotatable bonds is 27. The zero-order valence-electron chi connectivity index (χ0n) is 21.1. The van der Waals surface area contributed by atoms with Crippen molar-refractivity contribution in [3.05, 3.63) is 0 Å². The monoisotopic (exact) mass is 478 g/mol. The molecule has 1 N–H and O–H groups in total. The Morgan fingerprint density at radius 1 is 0.484 bits per heavy atom. The predicted molar refractivity (Wildman–Crippen MR) is 142 cm³/mol. The van der Waals surface area contributed by atoms with Gasteiger partial charge < -0.3 is 13.9 Å². The van der Waals surface area contributed by atoms with Gasteiger partial charge in [-0.1, -0.05) is 117 Å². The molecule has 3 nitrogen and oxygen atoms in total. The molecule has 0 heterocycles. The van der Waals surface area contributed by atoms with Gasteiger partial charge in [0.2, 0.25) is 0 Å². The Balaban J connectivity index is 3.06. The van der Waals surface area contributed by atoms with E-state index in [4.69, 9.17) is 9.05 Å². The van der Waals surface area contributed by atoms with Gasteiger partial charge in [-0.2, -0.15) is 11.8 Å². The van der Waals surface area contributed by atoms with Crippen molar-refractivity contribution in [1.29, 1.82) is 0 Å². The van der Waals surface area contributed by atoms with Gasteiger partial charge in [0.1, 0.15) is 0 Å². The van der Waals surface area contributed by atoms with Crippen LogP contribution in [0.3, 0.4) is 0 Å². The first kappa shape index (κ1) is 31.7. The molecule has 0 amide bonds. The summed E-state index contributed by atoms with van der Waals surface area (Å²) in [5.41, 5.74) is 0. The van der Waals surface area contributed by atoms with Crippen molar-refractivity contribution in [2.45, 2.75) is 142 Å². The first-order valence-corrected chi connectivity index (χ1v) is 15.9. The summed E-state index contributed by atoms with van der Waals surface area (Å²) in [6.45, 7) is 5.70. The maximum absolute atomic E-state index is 9.63. The van der Waals surface area contributed by atoms with Crippen molar-refractivity contribution in [2.75, 3.05) is 24.7 Å². The molecule has 5 heteroatoms. The summed E-state index contributed by atoms with van der Waals surface area (Å²) >= 11 is 2.18. The van der Waals surface area contributed by atoms with E-state index in [1.54, 1.807) is 0 Å². The summed E-state index contributed by atoms with van der Waals surface area (Å²) in [5, 5.41) is 0. The fourth-order valence-corrected chi connectivity index (χ4v) is 5.32. The van der Waals surface area contributed by atoms with Crippen molar-refractivity contribution >= 4 is 20.4 Å². The van der Waals surface area contributed by atoms with Crippen molar-refractivity contribution in [2.24, 2.45) is 0 Å². The van der Waals surface area contributed by atoms with Gasteiger partial charge in [0.25, 0.3) is 0 Å². The van der Waals surface area contributed by atoms with Crippen LogP contribution in [-0.4, -0.2) is 29.6 Å². The minimum atomic E-state index is -1.65. The summed E-state index contributed by atoms with van der Waals surface area (Å²) in [4.78, 5) is 9.63. The fraction of sp³-hybridized carbons (Fsp3) is 1.00. The predicted octanol–water partition coefficient (Wildman–Crippen LogP) is 9.81. The van der Waals surface area contributed by atoms with Crippen molar-refractivity contribution < 1.29 is 13.9 Å². The molecule has 0 rings (SSSR count). The van der Waals surface area contributed by atoms with Gasteiger partial charge in [0, 0.05) is 0 Å². The number of thioether (sulfide) groups is 1. The van der Waals surface area contributed by atoms with E-state index in [1.165, 1.54) is 121 Å². The smallest absolute Gasteiger partial charge is 0.328 e. The summed E-state index contributed by atoms with van der Waals surface area (Å²) in [6.07, 6.45) is 26.7. The quantitative estimate of drug-likeness (QED) is 0.0941. The average Bonchev–Trinajstić information content (AvgIpc) is 2.77. The number of hydrogen-bond donors (Lipinski definition) is 1. The Bertz CT molecular complexity index is 321. The molecule has 0 saturated heterocycles. The van der Waals surface area contributed by atoms with Gasteiger partial charge in [-0.25, -0.2) is 0 Å². The van der Waals surface area contributed by atoms with E-state index in [0.717, 1.165) is 19.3 Å². The lowest BCUT2D eigenvalue weighted by Crippen LogP contribution is -1.95. The molecule has 0 aliphatic rings. The fourth-order valence-electron chi connectivity index (χ4n) is 3.66. The van der Waals surface area contributed by atoms with Crippen LogP contribution >= 0.6 is 20.4 Å². The zero-order valence-corrected chi connectivity index (χ0v) is 22.8. The van der Waals surface area contributed by atoms with E-state index >= 15 is 0 Å². The van der Waals surface area contributed by atoms with E-state index in [0.29, 0.717) is 13.2 Å². The molecule has 0 aromatic carbocycles. The molecule has 188 valence electrons. The van der Waals surface area contributed by atoms with E-state index in [9.17, 15) is 4.89 Å².